The van der Waals surface area contributed by atoms with Crippen molar-refractivity contribution >= 4 is 32.6 Å². The summed E-state index contributed by atoms with van der Waals surface area (Å²) in [6.45, 7) is 0. The van der Waals surface area contributed by atoms with Crippen LogP contribution in [0.5, 0.6) is 0 Å². The summed E-state index contributed by atoms with van der Waals surface area (Å²) in [5.41, 5.74) is 10.6. The molecule has 0 saturated heterocycles. The van der Waals surface area contributed by atoms with Crippen LogP contribution in [-0.2, 0) is 0 Å². The Kier molecular flexibility index (Phi) is 7.40. The molecule has 0 atom stereocenters. The van der Waals surface area contributed by atoms with E-state index in [4.69, 9.17) is 15.0 Å². The van der Waals surface area contributed by atoms with Crippen LogP contribution in [0.15, 0.2) is 188 Å². The first-order valence-electron chi connectivity index (χ1n) is 17.7. The molecule has 0 unspecified atom stereocenters. The summed E-state index contributed by atoms with van der Waals surface area (Å²) in [5, 5.41) is 4.69. The van der Waals surface area contributed by atoms with Crippen LogP contribution in [0, 0.1) is 0 Å². The second-order valence-corrected chi connectivity index (χ2v) is 13.2. The maximum Gasteiger partial charge on any atom is 0.164 e. The maximum absolute atomic E-state index is 5.15. The van der Waals surface area contributed by atoms with Crippen LogP contribution in [0.25, 0.3) is 94.7 Å². The Hall–Kier alpha value is -7.24. The SMILES string of the molecule is c1ccc(-n2c3ccccc3c3ccc(-c4cccc(-c5nc(-c6ccc(-c7cccnc7)cc6)nc(-c6cccc7ccccc67)n5)c4)cc32)cc1. The van der Waals surface area contributed by atoms with Crippen molar-refractivity contribution in [3.63, 3.8) is 0 Å². The van der Waals surface area contributed by atoms with E-state index in [1.54, 1.807) is 6.20 Å². The second kappa shape index (κ2) is 12.8. The molecule has 3 aromatic heterocycles. The van der Waals surface area contributed by atoms with Crippen molar-refractivity contribution < 1.29 is 0 Å². The number of pyridine rings is 1. The van der Waals surface area contributed by atoms with Gasteiger partial charge in [0.1, 0.15) is 0 Å². The third kappa shape index (κ3) is 5.52. The molecule has 248 valence electrons. The molecule has 7 aromatic carbocycles. The van der Waals surface area contributed by atoms with Crippen LogP contribution in [-0.4, -0.2) is 24.5 Å². The van der Waals surface area contributed by atoms with Crippen molar-refractivity contribution in [1.29, 1.82) is 0 Å². The molecule has 0 aliphatic heterocycles. The predicted molar refractivity (Wildman–Crippen MR) is 217 cm³/mol. The smallest absolute Gasteiger partial charge is 0.164 e. The highest BCUT2D eigenvalue weighted by molar-refractivity contribution is 6.10. The standard InChI is InChI=1S/C48H31N5/c1-2-16-39(17-3-1)53-44-21-7-6-19-41(44)42-27-26-36(30-45(42)53)35-13-8-14-37(29-35)47-50-46(34-24-22-32(23-25-34)38-15-10-28-49-31-38)51-48(52-47)43-20-9-12-33-11-4-5-18-40(33)43/h1-31H. The first-order chi connectivity index (χ1) is 26.3. The number of rotatable bonds is 6. The third-order valence-corrected chi connectivity index (χ3v) is 9.95. The van der Waals surface area contributed by atoms with E-state index in [1.165, 1.54) is 16.3 Å². The number of hydrogen-bond donors (Lipinski definition) is 0. The summed E-state index contributed by atoms with van der Waals surface area (Å²) in [4.78, 5) is 19.6. The normalized spacial score (nSPS) is 11.4. The van der Waals surface area contributed by atoms with E-state index in [0.717, 1.165) is 60.9 Å². The van der Waals surface area contributed by atoms with Gasteiger partial charge in [0.25, 0.3) is 0 Å². The molecular formula is C48H31N5. The molecule has 0 aliphatic carbocycles. The minimum atomic E-state index is 0.620. The summed E-state index contributed by atoms with van der Waals surface area (Å²) < 4.78 is 2.35. The second-order valence-electron chi connectivity index (χ2n) is 13.2. The highest BCUT2D eigenvalue weighted by Crippen LogP contribution is 2.36. The Morgan fingerprint density at radius 2 is 0.981 bits per heavy atom. The molecule has 0 radical (unpaired) electrons. The summed E-state index contributed by atoms with van der Waals surface area (Å²) >= 11 is 0. The highest BCUT2D eigenvalue weighted by atomic mass is 15.0. The van der Waals surface area contributed by atoms with E-state index in [-0.39, 0.29) is 0 Å². The van der Waals surface area contributed by atoms with Gasteiger partial charge in [-0.3, -0.25) is 4.98 Å². The van der Waals surface area contributed by atoms with Gasteiger partial charge in [-0.05, 0) is 69.4 Å². The van der Waals surface area contributed by atoms with Crippen LogP contribution >= 0.6 is 0 Å². The largest absolute Gasteiger partial charge is 0.309 e. The first-order valence-corrected chi connectivity index (χ1v) is 17.7. The monoisotopic (exact) mass is 677 g/mol. The van der Waals surface area contributed by atoms with Gasteiger partial charge >= 0.3 is 0 Å². The van der Waals surface area contributed by atoms with E-state index < -0.39 is 0 Å². The van der Waals surface area contributed by atoms with Gasteiger partial charge in [0, 0.05) is 45.5 Å². The molecule has 0 aliphatic rings. The van der Waals surface area contributed by atoms with Gasteiger partial charge in [0.15, 0.2) is 17.5 Å². The fourth-order valence-corrected chi connectivity index (χ4v) is 7.36. The number of fused-ring (bicyclic) bond motifs is 4. The molecule has 0 N–H and O–H groups in total. The van der Waals surface area contributed by atoms with Crippen LogP contribution in [0.2, 0.25) is 0 Å². The van der Waals surface area contributed by atoms with Crippen molar-refractivity contribution in [3.8, 4) is 62.1 Å². The summed E-state index contributed by atoms with van der Waals surface area (Å²) in [5.74, 6) is 1.88. The summed E-state index contributed by atoms with van der Waals surface area (Å²) in [6, 6.07) is 61.5. The molecule has 0 amide bonds. The quantitative estimate of drug-likeness (QED) is 0.176. The minimum absolute atomic E-state index is 0.620. The maximum atomic E-state index is 5.15. The van der Waals surface area contributed by atoms with Crippen molar-refractivity contribution in [2.24, 2.45) is 0 Å². The van der Waals surface area contributed by atoms with Gasteiger partial charge in [-0.15, -0.1) is 0 Å². The molecule has 0 bridgehead atoms. The average molecular weight is 678 g/mol. The molecule has 3 heterocycles. The van der Waals surface area contributed by atoms with Crippen molar-refractivity contribution in [1.82, 2.24) is 24.5 Å². The Morgan fingerprint density at radius 1 is 0.358 bits per heavy atom. The Bertz CT molecular complexity index is 2930. The Balaban J connectivity index is 1.12. The van der Waals surface area contributed by atoms with Crippen molar-refractivity contribution in [2.45, 2.75) is 0 Å². The van der Waals surface area contributed by atoms with E-state index in [0.29, 0.717) is 17.5 Å². The zero-order chi connectivity index (χ0) is 35.1. The highest BCUT2D eigenvalue weighted by Gasteiger charge is 2.17. The molecule has 10 rings (SSSR count). The van der Waals surface area contributed by atoms with Gasteiger partial charge in [0.2, 0.25) is 0 Å². The minimum Gasteiger partial charge on any atom is -0.309 e. The summed E-state index contributed by atoms with van der Waals surface area (Å²) in [7, 11) is 0. The van der Waals surface area contributed by atoms with Gasteiger partial charge in [-0.25, -0.2) is 15.0 Å². The van der Waals surface area contributed by atoms with Crippen LogP contribution in [0.3, 0.4) is 0 Å². The topological polar surface area (TPSA) is 56.5 Å². The van der Waals surface area contributed by atoms with Gasteiger partial charge in [-0.2, -0.15) is 0 Å². The fourth-order valence-electron chi connectivity index (χ4n) is 7.36. The fraction of sp³-hybridized carbons (Fsp3) is 0. The Morgan fingerprint density at radius 3 is 1.83 bits per heavy atom. The van der Waals surface area contributed by atoms with E-state index in [1.807, 2.05) is 12.3 Å². The molecule has 5 nitrogen and oxygen atoms in total. The lowest BCUT2D eigenvalue weighted by Gasteiger charge is -2.12. The van der Waals surface area contributed by atoms with E-state index in [9.17, 15) is 0 Å². The number of nitrogens with zero attached hydrogens (tertiary/aromatic N) is 5. The Labute approximate surface area is 306 Å². The first kappa shape index (κ1) is 30.6. The number of hydrogen-bond acceptors (Lipinski definition) is 4. The molecule has 10 aromatic rings. The van der Waals surface area contributed by atoms with Crippen LogP contribution in [0.4, 0.5) is 0 Å². The zero-order valence-electron chi connectivity index (χ0n) is 28.6. The lowest BCUT2D eigenvalue weighted by Crippen LogP contribution is -2.00. The van der Waals surface area contributed by atoms with E-state index in [2.05, 4.69) is 179 Å². The van der Waals surface area contributed by atoms with Crippen molar-refractivity contribution in [2.75, 3.05) is 0 Å². The zero-order valence-corrected chi connectivity index (χ0v) is 28.6. The molecule has 53 heavy (non-hydrogen) atoms. The predicted octanol–water partition coefficient (Wildman–Crippen LogP) is 11.9. The number of benzene rings is 7. The molecule has 0 saturated carbocycles. The molecule has 5 heteroatoms. The van der Waals surface area contributed by atoms with Crippen molar-refractivity contribution in [3.05, 3.63) is 188 Å². The molecule has 0 fully saturated rings. The number of aromatic nitrogens is 5. The van der Waals surface area contributed by atoms with Gasteiger partial charge in [-0.1, -0.05) is 140 Å². The van der Waals surface area contributed by atoms with Crippen LogP contribution < -0.4 is 0 Å². The van der Waals surface area contributed by atoms with Gasteiger partial charge in [0.05, 0.1) is 11.0 Å². The summed E-state index contributed by atoms with van der Waals surface area (Å²) in [6.07, 6.45) is 3.66. The average Bonchev–Trinajstić information content (AvgIpc) is 3.58. The van der Waals surface area contributed by atoms with Gasteiger partial charge < -0.3 is 4.57 Å². The third-order valence-electron chi connectivity index (χ3n) is 9.95. The van der Waals surface area contributed by atoms with Crippen LogP contribution in [0.1, 0.15) is 0 Å². The molecular weight excluding hydrogens is 647 g/mol. The number of para-hydroxylation sites is 2. The van der Waals surface area contributed by atoms with E-state index >= 15 is 0 Å². The lowest BCUT2D eigenvalue weighted by atomic mass is 10.0. The lowest BCUT2D eigenvalue weighted by molar-refractivity contribution is 1.08. The molecule has 0 spiro atoms.